The molecule has 0 saturated heterocycles. The molecule has 0 saturated carbocycles. The minimum absolute atomic E-state index is 0.0416. The number of hydrogen-bond acceptors (Lipinski definition) is 5. The molecule has 2 aromatic carbocycles. The van der Waals surface area contributed by atoms with Gasteiger partial charge in [-0.1, -0.05) is 41.0 Å². The lowest BCUT2D eigenvalue weighted by Gasteiger charge is -2.09. The Balaban J connectivity index is 1.82. The molecule has 27 heavy (non-hydrogen) atoms. The van der Waals surface area contributed by atoms with Gasteiger partial charge in [-0.3, -0.25) is 0 Å². The van der Waals surface area contributed by atoms with Crippen LogP contribution in [0.2, 0.25) is 5.02 Å². The Bertz CT molecular complexity index is 985. The molecule has 3 aromatic rings. The van der Waals surface area contributed by atoms with Crippen molar-refractivity contribution in [3.05, 3.63) is 64.9 Å². The quantitative estimate of drug-likeness (QED) is 0.406. The number of carbonyl (C=O) groups excluding carboxylic acids is 1. The summed E-state index contributed by atoms with van der Waals surface area (Å²) in [5.41, 5.74) is -0.331. The first-order valence-corrected chi connectivity index (χ1v) is 7.91. The molecule has 3 rings (SSSR count). The molecular weight excluding hydrogens is 387 g/mol. The molecule has 0 aliphatic heterocycles. The Morgan fingerprint density at radius 1 is 1.11 bits per heavy atom. The van der Waals surface area contributed by atoms with Gasteiger partial charge in [-0.15, -0.1) is 0 Å². The molecule has 0 fully saturated rings. The first kappa shape index (κ1) is 18.8. The third-order valence-corrected chi connectivity index (χ3v) is 3.82. The molecule has 140 valence electrons. The second kappa shape index (κ2) is 7.32. The van der Waals surface area contributed by atoms with Gasteiger partial charge in [0.2, 0.25) is 5.75 Å². The van der Waals surface area contributed by atoms with Gasteiger partial charge in [-0.25, -0.2) is 4.79 Å². The number of ether oxygens (including phenoxy) is 2. The molecule has 0 radical (unpaired) electrons. The van der Waals surface area contributed by atoms with Crippen LogP contribution in [-0.4, -0.2) is 11.3 Å². The van der Waals surface area contributed by atoms with E-state index in [0.717, 1.165) is 12.1 Å². The normalized spacial score (nSPS) is 11.3. The number of rotatable bonds is 3. The highest BCUT2D eigenvalue weighted by Crippen LogP contribution is 2.36. The van der Waals surface area contributed by atoms with Crippen LogP contribution in [0, 0.1) is 6.92 Å². The van der Waals surface area contributed by atoms with E-state index < -0.39 is 17.9 Å². The predicted octanol–water partition coefficient (Wildman–Crippen LogP) is 5.90. The van der Waals surface area contributed by atoms with E-state index in [1.807, 2.05) is 0 Å². The average molecular weight is 398 g/mol. The van der Waals surface area contributed by atoms with Crippen LogP contribution in [0.3, 0.4) is 0 Å². The highest BCUT2D eigenvalue weighted by molar-refractivity contribution is 6.33. The zero-order chi connectivity index (χ0) is 19.6. The number of aromatic nitrogens is 1. The maximum atomic E-state index is 12.7. The zero-order valence-electron chi connectivity index (χ0n) is 13.7. The molecule has 0 aliphatic carbocycles. The highest BCUT2D eigenvalue weighted by atomic mass is 35.5. The molecular formula is C18H11ClF3NO4. The number of carbonyl (C=O) groups is 1. The van der Waals surface area contributed by atoms with Crippen molar-refractivity contribution in [2.45, 2.75) is 13.1 Å². The summed E-state index contributed by atoms with van der Waals surface area (Å²) < 4.78 is 53.2. The number of halogens is 4. The minimum Gasteiger partial charge on any atom is -0.395 e. The number of nitrogens with zero attached hydrogens (tertiary/aromatic N) is 1. The van der Waals surface area contributed by atoms with Gasteiger partial charge in [0, 0.05) is 12.5 Å². The number of aryl methyl sites for hydroxylation is 1. The fourth-order valence-corrected chi connectivity index (χ4v) is 2.47. The van der Waals surface area contributed by atoms with Crippen LogP contribution >= 0.6 is 11.6 Å². The van der Waals surface area contributed by atoms with Gasteiger partial charge in [-0.2, -0.15) is 13.2 Å². The Morgan fingerprint density at radius 2 is 1.85 bits per heavy atom. The Kier molecular flexibility index (Phi) is 5.09. The Morgan fingerprint density at radius 3 is 2.56 bits per heavy atom. The van der Waals surface area contributed by atoms with Crippen LogP contribution in [0.1, 0.15) is 11.3 Å². The number of alkyl halides is 3. The van der Waals surface area contributed by atoms with Gasteiger partial charge in [0.1, 0.15) is 5.75 Å². The number of benzene rings is 2. The van der Waals surface area contributed by atoms with E-state index in [1.54, 1.807) is 24.3 Å². The predicted molar refractivity (Wildman–Crippen MR) is 89.8 cm³/mol. The van der Waals surface area contributed by atoms with Gasteiger partial charge in [0.15, 0.2) is 11.5 Å². The van der Waals surface area contributed by atoms with E-state index in [2.05, 4.69) is 5.16 Å². The van der Waals surface area contributed by atoms with Crippen molar-refractivity contribution >= 4 is 17.8 Å². The monoisotopic (exact) mass is 397 g/mol. The molecule has 1 aromatic heterocycles. The molecule has 0 bridgehead atoms. The molecule has 0 aliphatic rings. The van der Waals surface area contributed by atoms with Crippen molar-refractivity contribution in [2.75, 3.05) is 0 Å². The van der Waals surface area contributed by atoms with E-state index in [9.17, 15) is 18.0 Å². The van der Waals surface area contributed by atoms with Crippen LogP contribution in [0.25, 0.3) is 11.3 Å². The van der Waals surface area contributed by atoms with Crippen LogP contribution in [0.4, 0.5) is 18.0 Å². The topological polar surface area (TPSA) is 61.6 Å². The van der Waals surface area contributed by atoms with Crippen molar-refractivity contribution in [1.29, 1.82) is 0 Å². The lowest BCUT2D eigenvalue weighted by Crippen LogP contribution is -2.15. The van der Waals surface area contributed by atoms with Gasteiger partial charge in [0.05, 0.1) is 10.6 Å². The maximum Gasteiger partial charge on any atom is 0.519 e. The Labute approximate surface area is 156 Å². The van der Waals surface area contributed by atoms with Crippen molar-refractivity contribution in [3.8, 4) is 22.8 Å². The van der Waals surface area contributed by atoms with Gasteiger partial charge < -0.3 is 14.0 Å². The lowest BCUT2D eigenvalue weighted by molar-refractivity contribution is -0.137. The maximum absolute atomic E-state index is 12.7. The standard InChI is InChI=1S/C18H11ClF3NO4/c1-10-16(15(23-27-10)13-7-2-3-8-14(13)19)26-17(24)25-12-6-4-5-11(9-12)18(20,21)22/h2-9H,1H3. The van der Waals surface area contributed by atoms with Crippen molar-refractivity contribution in [1.82, 2.24) is 5.16 Å². The van der Waals surface area contributed by atoms with Crippen molar-refractivity contribution in [3.63, 3.8) is 0 Å². The zero-order valence-corrected chi connectivity index (χ0v) is 14.5. The van der Waals surface area contributed by atoms with E-state index in [1.165, 1.54) is 13.0 Å². The summed E-state index contributed by atoms with van der Waals surface area (Å²) in [5.74, 6) is -0.186. The van der Waals surface area contributed by atoms with Gasteiger partial charge in [-0.05, 0) is 24.3 Å². The minimum atomic E-state index is -4.56. The molecule has 0 N–H and O–H groups in total. The van der Waals surface area contributed by atoms with Gasteiger partial charge >= 0.3 is 12.3 Å². The summed E-state index contributed by atoms with van der Waals surface area (Å²) in [7, 11) is 0. The molecule has 0 atom stereocenters. The molecule has 0 amide bonds. The highest BCUT2D eigenvalue weighted by Gasteiger charge is 2.31. The van der Waals surface area contributed by atoms with E-state index >= 15 is 0 Å². The first-order valence-electron chi connectivity index (χ1n) is 7.54. The summed E-state index contributed by atoms with van der Waals surface area (Å²) in [6.45, 7) is 1.50. The number of hydrogen-bond donors (Lipinski definition) is 0. The fraction of sp³-hybridized carbons (Fsp3) is 0.111. The largest absolute Gasteiger partial charge is 0.519 e. The smallest absolute Gasteiger partial charge is 0.395 e. The second-order valence-electron chi connectivity index (χ2n) is 5.38. The lowest BCUT2D eigenvalue weighted by atomic mass is 10.1. The third kappa shape index (κ3) is 4.22. The van der Waals surface area contributed by atoms with E-state index in [4.69, 9.17) is 25.6 Å². The van der Waals surface area contributed by atoms with Crippen LogP contribution in [-0.2, 0) is 6.18 Å². The summed E-state index contributed by atoms with van der Waals surface area (Å²) in [6.07, 6.45) is -5.81. The molecule has 5 nitrogen and oxygen atoms in total. The second-order valence-corrected chi connectivity index (χ2v) is 5.78. The van der Waals surface area contributed by atoms with E-state index in [0.29, 0.717) is 16.7 Å². The van der Waals surface area contributed by atoms with E-state index in [-0.39, 0.29) is 23.0 Å². The average Bonchev–Trinajstić information content (AvgIpc) is 2.95. The first-order chi connectivity index (χ1) is 12.8. The molecule has 0 spiro atoms. The summed E-state index contributed by atoms with van der Waals surface area (Å²) in [4.78, 5) is 12.0. The summed E-state index contributed by atoms with van der Waals surface area (Å²) in [6, 6.07) is 10.5. The third-order valence-electron chi connectivity index (χ3n) is 3.49. The fourth-order valence-electron chi connectivity index (χ4n) is 2.25. The molecule has 0 unspecified atom stereocenters. The van der Waals surface area contributed by atoms with Crippen LogP contribution in [0.5, 0.6) is 11.5 Å². The Hall–Kier alpha value is -3.00. The van der Waals surface area contributed by atoms with Gasteiger partial charge in [0.25, 0.3) is 0 Å². The van der Waals surface area contributed by atoms with Crippen LogP contribution in [0.15, 0.2) is 53.1 Å². The SMILES string of the molecule is Cc1onc(-c2ccccc2Cl)c1OC(=O)Oc1cccc(C(F)(F)F)c1. The summed E-state index contributed by atoms with van der Waals surface area (Å²) in [5, 5.41) is 4.16. The van der Waals surface area contributed by atoms with Crippen LogP contribution < -0.4 is 9.47 Å². The molecule has 1 heterocycles. The summed E-state index contributed by atoms with van der Waals surface area (Å²) >= 11 is 6.11. The van der Waals surface area contributed by atoms with Crippen molar-refractivity contribution < 1.29 is 32.0 Å². The molecule has 9 heteroatoms. The van der Waals surface area contributed by atoms with Crippen molar-refractivity contribution in [2.24, 2.45) is 0 Å².